The SMILES string of the molecule is CCCc1ccc(C(C)NC(C)C(=O)NC(C)C)cc1. The Hall–Kier alpha value is -1.35. The van der Waals surface area contributed by atoms with Crippen LogP contribution in [0.15, 0.2) is 24.3 Å². The predicted octanol–water partition coefficient (Wildman–Crippen LogP) is 3.20. The van der Waals surface area contributed by atoms with Crippen molar-refractivity contribution < 1.29 is 4.79 Å². The van der Waals surface area contributed by atoms with Crippen molar-refractivity contribution in [2.45, 2.75) is 65.6 Å². The molecule has 0 bridgehead atoms. The van der Waals surface area contributed by atoms with Crippen molar-refractivity contribution in [2.75, 3.05) is 0 Å². The summed E-state index contributed by atoms with van der Waals surface area (Å²) >= 11 is 0. The second-order valence-corrected chi connectivity index (χ2v) is 5.76. The summed E-state index contributed by atoms with van der Waals surface area (Å²) in [6.07, 6.45) is 2.29. The molecule has 1 aromatic rings. The van der Waals surface area contributed by atoms with Crippen LogP contribution >= 0.6 is 0 Å². The van der Waals surface area contributed by atoms with Gasteiger partial charge in [-0.3, -0.25) is 10.1 Å². The van der Waals surface area contributed by atoms with Crippen LogP contribution in [-0.4, -0.2) is 18.0 Å². The normalized spacial score (nSPS) is 14.1. The van der Waals surface area contributed by atoms with Crippen LogP contribution in [0.1, 0.15) is 58.2 Å². The monoisotopic (exact) mass is 276 g/mol. The molecular formula is C17H28N2O. The molecule has 2 N–H and O–H groups in total. The maximum atomic E-state index is 11.9. The number of amides is 1. The molecule has 0 aliphatic carbocycles. The zero-order valence-electron chi connectivity index (χ0n) is 13.4. The van der Waals surface area contributed by atoms with Crippen molar-refractivity contribution in [2.24, 2.45) is 0 Å². The van der Waals surface area contributed by atoms with Gasteiger partial charge < -0.3 is 5.32 Å². The lowest BCUT2D eigenvalue weighted by Gasteiger charge is -2.21. The molecule has 0 aliphatic rings. The minimum absolute atomic E-state index is 0.0504. The quantitative estimate of drug-likeness (QED) is 0.803. The number of hydrogen-bond donors (Lipinski definition) is 2. The molecule has 1 aromatic carbocycles. The second-order valence-electron chi connectivity index (χ2n) is 5.76. The summed E-state index contributed by atoms with van der Waals surface area (Å²) in [5, 5.41) is 6.26. The van der Waals surface area contributed by atoms with Gasteiger partial charge in [0.05, 0.1) is 6.04 Å². The lowest BCUT2D eigenvalue weighted by atomic mass is 10.0. The number of carbonyl (C=O) groups excluding carboxylic acids is 1. The van der Waals surface area contributed by atoms with Gasteiger partial charge in [-0.15, -0.1) is 0 Å². The molecule has 112 valence electrons. The molecule has 0 aliphatic heterocycles. The number of carbonyl (C=O) groups is 1. The van der Waals surface area contributed by atoms with E-state index in [1.165, 1.54) is 17.5 Å². The number of benzene rings is 1. The van der Waals surface area contributed by atoms with Crippen molar-refractivity contribution in [3.05, 3.63) is 35.4 Å². The van der Waals surface area contributed by atoms with Gasteiger partial charge in [0, 0.05) is 12.1 Å². The first kappa shape index (κ1) is 16.7. The van der Waals surface area contributed by atoms with Crippen molar-refractivity contribution >= 4 is 5.91 Å². The van der Waals surface area contributed by atoms with Crippen LogP contribution in [0.3, 0.4) is 0 Å². The Morgan fingerprint density at radius 3 is 2.20 bits per heavy atom. The maximum absolute atomic E-state index is 11.9. The van der Waals surface area contributed by atoms with E-state index in [0.717, 1.165) is 6.42 Å². The van der Waals surface area contributed by atoms with Crippen LogP contribution in [0.2, 0.25) is 0 Å². The predicted molar refractivity (Wildman–Crippen MR) is 84.7 cm³/mol. The fraction of sp³-hybridized carbons (Fsp3) is 0.588. The molecule has 0 spiro atoms. The lowest BCUT2D eigenvalue weighted by Crippen LogP contribution is -2.45. The van der Waals surface area contributed by atoms with E-state index in [0.29, 0.717) is 0 Å². The molecule has 1 rings (SSSR count). The first-order chi connectivity index (χ1) is 9.43. The Kier molecular flexibility index (Phi) is 6.73. The van der Waals surface area contributed by atoms with E-state index in [2.05, 4.69) is 48.7 Å². The highest BCUT2D eigenvalue weighted by atomic mass is 16.2. The van der Waals surface area contributed by atoms with Crippen molar-refractivity contribution in [1.29, 1.82) is 0 Å². The molecule has 0 saturated carbocycles. The third-order valence-corrected chi connectivity index (χ3v) is 3.34. The van der Waals surface area contributed by atoms with Crippen molar-refractivity contribution in [3.8, 4) is 0 Å². The summed E-state index contributed by atoms with van der Waals surface area (Å²) in [4.78, 5) is 11.9. The van der Waals surface area contributed by atoms with E-state index < -0.39 is 0 Å². The zero-order valence-corrected chi connectivity index (χ0v) is 13.4. The van der Waals surface area contributed by atoms with E-state index in [4.69, 9.17) is 0 Å². The first-order valence-corrected chi connectivity index (χ1v) is 7.59. The summed E-state index contributed by atoms with van der Waals surface area (Å²) in [5.74, 6) is 0.0504. The Balaban J connectivity index is 2.57. The fourth-order valence-corrected chi connectivity index (χ4v) is 2.22. The maximum Gasteiger partial charge on any atom is 0.237 e. The van der Waals surface area contributed by atoms with Gasteiger partial charge in [0.2, 0.25) is 5.91 Å². The van der Waals surface area contributed by atoms with Crippen LogP contribution in [0.5, 0.6) is 0 Å². The molecular weight excluding hydrogens is 248 g/mol. The molecule has 20 heavy (non-hydrogen) atoms. The van der Waals surface area contributed by atoms with Crippen LogP contribution in [-0.2, 0) is 11.2 Å². The van der Waals surface area contributed by atoms with Gasteiger partial charge in [-0.05, 0) is 45.2 Å². The van der Waals surface area contributed by atoms with Gasteiger partial charge in [-0.1, -0.05) is 37.6 Å². The number of hydrogen-bond acceptors (Lipinski definition) is 2. The lowest BCUT2D eigenvalue weighted by molar-refractivity contribution is -0.123. The van der Waals surface area contributed by atoms with E-state index in [1.807, 2.05) is 20.8 Å². The average Bonchev–Trinajstić information content (AvgIpc) is 2.39. The minimum atomic E-state index is -0.192. The fourth-order valence-electron chi connectivity index (χ4n) is 2.22. The molecule has 0 saturated heterocycles. The summed E-state index contributed by atoms with van der Waals surface area (Å²) in [6.45, 7) is 10.1. The van der Waals surface area contributed by atoms with Gasteiger partial charge in [0.1, 0.15) is 0 Å². The van der Waals surface area contributed by atoms with Crippen LogP contribution in [0.25, 0.3) is 0 Å². The highest BCUT2D eigenvalue weighted by Crippen LogP contribution is 2.15. The van der Waals surface area contributed by atoms with E-state index >= 15 is 0 Å². The van der Waals surface area contributed by atoms with Crippen molar-refractivity contribution in [1.82, 2.24) is 10.6 Å². The van der Waals surface area contributed by atoms with E-state index in [1.54, 1.807) is 0 Å². The number of aryl methyl sites for hydroxylation is 1. The third-order valence-electron chi connectivity index (χ3n) is 3.34. The van der Waals surface area contributed by atoms with Crippen LogP contribution in [0, 0.1) is 0 Å². The Morgan fingerprint density at radius 2 is 1.70 bits per heavy atom. The van der Waals surface area contributed by atoms with Gasteiger partial charge in [0.15, 0.2) is 0 Å². The standard InChI is InChI=1S/C17H28N2O/c1-6-7-15-8-10-16(11-9-15)13(4)19-14(5)17(20)18-12(2)3/h8-14,19H,6-7H2,1-5H3,(H,18,20). The molecule has 0 aromatic heterocycles. The van der Waals surface area contributed by atoms with Crippen molar-refractivity contribution in [3.63, 3.8) is 0 Å². The smallest absolute Gasteiger partial charge is 0.237 e. The number of rotatable bonds is 7. The molecule has 2 unspecified atom stereocenters. The van der Waals surface area contributed by atoms with Gasteiger partial charge in [-0.25, -0.2) is 0 Å². The summed E-state index contributed by atoms with van der Waals surface area (Å²) in [6, 6.07) is 8.80. The average molecular weight is 276 g/mol. The summed E-state index contributed by atoms with van der Waals surface area (Å²) in [5.41, 5.74) is 2.59. The van der Waals surface area contributed by atoms with E-state index in [-0.39, 0.29) is 24.0 Å². The molecule has 0 radical (unpaired) electrons. The Morgan fingerprint density at radius 1 is 1.10 bits per heavy atom. The largest absolute Gasteiger partial charge is 0.353 e. The molecule has 0 fully saturated rings. The Bertz CT molecular complexity index is 412. The molecule has 3 nitrogen and oxygen atoms in total. The van der Waals surface area contributed by atoms with Crippen LogP contribution < -0.4 is 10.6 Å². The molecule has 1 amide bonds. The highest BCUT2D eigenvalue weighted by molar-refractivity contribution is 5.81. The minimum Gasteiger partial charge on any atom is -0.353 e. The molecule has 2 atom stereocenters. The Labute approximate surface area is 123 Å². The van der Waals surface area contributed by atoms with Gasteiger partial charge in [-0.2, -0.15) is 0 Å². The zero-order chi connectivity index (χ0) is 15.1. The molecule has 0 heterocycles. The topological polar surface area (TPSA) is 41.1 Å². The first-order valence-electron chi connectivity index (χ1n) is 7.59. The summed E-state index contributed by atoms with van der Waals surface area (Å²) in [7, 11) is 0. The van der Waals surface area contributed by atoms with Crippen LogP contribution in [0.4, 0.5) is 0 Å². The second kappa shape index (κ2) is 8.05. The molecule has 3 heteroatoms. The number of nitrogens with one attached hydrogen (secondary N) is 2. The summed E-state index contributed by atoms with van der Waals surface area (Å²) < 4.78 is 0. The highest BCUT2D eigenvalue weighted by Gasteiger charge is 2.16. The van der Waals surface area contributed by atoms with E-state index in [9.17, 15) is 4.79 Å². The third kappa shape index (κ3) is 5.33. The van der Waals surface area contributed by atoms with Gasteiger partial charge >= 0.3 is 0 Å². The van der Waals surface area contributed by atoms with Gasteiger partial charge in [0.25, 0.3) is 0 Å².